The van der Waals surface area contributed by atoms with Crippen molar-refractivity contribution in [1.29, 1.82) is 0 Å². The number of ether oxygens (including phenoxy) is 1. The molecule has 1 aliphatic heterocycles. The van der Waals surface area contributed by atoms with Crippen molar-refractivity contribution in [3.05, 3.63) is 29.8 Å². The Morgan fingerprint density at radius 2 is 1.96 bits per heavy atom. The van der Waals surface area contributed by atoms with Crippen LogP contribution in [0.4, 0.5) is 5.69 Å². The van der Waals surface area contributed by atoms with Crippen LogP contribution in [0.3, 0.4) is 0 Å². The number of nitrogens with zero attached hydrogens (tertiary/aromatic N) is 1. The molecule has 3 N–H and O–H groups in total. The highest BCUT2D eigenvalue weighted by Gasteiger charge is 2.29. The van der Waals surface area contributed by atoms with E-state index in [4.69, 9.17) is 0 Å². The van der Waals surface area contributed by atoms with Crippen LogP contribution in [0.1, 0.15) is 16.8 Å². The first-order valence-corrected chi connectivity index (χ1v) is 7.67. The highest BCUT2D eigenvalue weighted by molar-refractivity contribution is 6.02. The Balaban J connectivity index is 2.06. The van der Waals surface area contributed by atoms with E-state index in [1.807, 2.05) is 0 Å². The number of benzene rings is 1. The predicted octanol–water partition coefficient (Wildman–Crippen LogP) is 0.160. The average Bonchev–Trinajstić information content (AvgIpc) is 2.60. The van der Waals surface area contributed by atoms with Crippen LogP contribution in [0.15, 0.2) is 24.3 Å². The van der Waals surface area contributed by atoms with Gasteiger partial charge in [-0.2, -0.15) is 0 Å². The molecule has 2 rings (SSSR count). The maximum absolute atomic E-state index is 12.3. The Hall–Kier alpha value is -2.45. The average molecular weight is 335 g/mol. The zero-order chi connectivity index (χ0) is 17.5. The maximum Gasteiger partial charge on any atom is 0.339 e. The number of hydrogen-bond donors (Lipinski definition) is 3. The van der Waals surface area contributed by atoms with Gasteiger partial charge in [-0.3, -0.25) is 14.5 Å². The van der Waals surface area contributed by atoms with Crippen molar-refractivity contribution >= 4 is 23.5 Å². The summed E-state index contributed by atoms with van der Waals surface area (Å²) in [7, 11) is 1.26. The molecule has 1 atom stereocenters. The van der Waals surface area contributed by atoms with E-state index in [0.717, 1.165) is 0 Å². The number of methoxy groups -OCH3 is 1. The van der Waals surface area contributed by atoms with E-state index < -0.39 is 23.9 Å². The number of hydrogen-bond acceptors (Lipinski definition) is 6. The Morgan fingerprint density at radius 1 is 1.29 bits per heavy atom. The molecule has 8 heteroatoms. The number of amides is 1. The van der Waals surface area contributed by atoms with E-state index in [2.05, 4.69) is 15.4 Å². The molecule has 1 aromatic rings. The van der Waals surface area contributed by atoms with Gasteiger partial charge >= 0.3 is 11.9 Å². The van der Waals surface area contributed by atoms with Crippen molar-refractivity contribution in [1.82, 2.24) is 10.2 Å². The van der Waals surface area contributed by atoms with Gasteiger partial charge in [0.05, 0.1) is 24.8 Å². The third-order valence-corrected chi connectivity index (χ3v) is 3.86. The van der Waals surface area contributed by atoms with Crippen LogP contribution >= 0.6 is 0 Å². The Kier molecular flexibility index (Phi) is 6.28. The molecule has 1 aromatic carbocycles. The van der Waals surface area contributed by atoms with Gasteiger partial charge < -0.3 is 20.5 Å². The highest BCUT2D eigenvalue weighted by Crippen LogP contribution is 2.17. The fourth-order valence-corrected chi connectivity index (χ4v) is 2.62. The topological polar surface area (TPSA) is 108 Å². The van der Waals surface area contributed by atoms with Crippen molar-refractivity contribution in [2.45, 2.75) is 12.5 Å². The largest absolute Gasteiger partial charge is 0.480 e. The lowest BCUT2D eigenvalue weighted by Gasteiger charge is -2.32. The lowest BCUT2D eigenvalue weighted by atomic mass is 10.1. The molecule has 0 spiro atoms. The molecule has 8 nitrogen and oxygen atoms in total. The number of nitrogens with one attached hydrogen (secondary N) is 2. The minimum absolute atomic E-state index is 0.190. The summed E-state index contributed by atoms with van der Waals surface area (Å²) in [5.74, 6) is -2.06. The minimum Gasteiger partial charge on any atom is -0.480 e. The number of anilines is 1. The van der Waals surface area contributed by atoms with Crippen molar-refractivity contribution in [3.8, 4) is 0 Å². The molecule has 0 aliphatic carbocycles. The van der Waals surface area contributed by atoms with E-state index in [1.165, 1.54) is 13.2 Å². The third-order valence-electron chi connectivity index (χ3n) is 3.86. The van der Waals surface area contributed by atoms with Crippen molar-refractivity contribution in [2.75, 3.05) is 38.6 Å². The molecule has 1 fully saturated rings. The van der Waals surface area contributed by atoms with Crippen molar-refractivity contribution in [2.24, 2.45) is 0 Å². The van der Waals surface area contributed by atoms with Crippen molar-refractivity contribution < 1.29 is 24.2 Å². The maximum atomic E-state index is 12.3. The van der Waals surface area contributed by atoms with Crippen LogP contribution in [0.5, 0.6) is 0 Å². The zero-order valence-electron chi connectivity index (χ0n) is 13.4. The molecule has 0 unspecified atom stereocenters. The predicted molar refractivity (Wildman–Crippen MR) is 86.9 cm³/mol. The second kappa shape index (κ2) is 8.42. The van der Waals surface area contributed by atoms with Crippen molar-refractivity contribution in [3.63, 3.8) is 0 Å². The highest BCUT2D eigenvalue weighted by atomic mass is 16.5. The zero-order valence-corrected chi connectivity index (χ0v) is 13.4. The van der Waals surface area contributed by atoms with E-state index in [-0.39, 0.29) is 12.0 Å². The van der Waals surface area contributed by atoms with Crippen LogP contribution in [-0.4, -0.2) is 67.2 Å². The van der Waals surface area contributed by atoms with Gasteiger partial charge in [-0.25, -0.2) is 4.79 Å². The van der Waals surface area contributed by atoms with E-state index in [0.29, 0.717) is 31.9 Å². The SMILES string of the molecule is COC(=O)c1ccccc1NC(=O)C[C@H](C(=O)O)N1CCNCC1. The van der Waals surface area contributed by atoms with E-state index >= 15 is 0 Å². The quantitative estimate of drug-likeness (QED) is 0.636. The summed E-state index contributed by atoms with van der Waals surface area (Å²) >= 11 is 0. The van der Waals surface area contributed by atoms with Crippen LogP contribution in [-0.2, 0) is 14.3 Å². The summed E-state index contributed by atoms with van der Waals surface area (Å²) in [5, 5.41) is 15.2. The third kappa shape index (κ3) is 4.53. The molecule has 1 heterocycles. The smallest absolute Gasteiger partial charge is 0.339 e. The summed E-state index contributed by atoms with van der Waals surface area (Å²) in [6, 6.07) is 5.55. The Labute approximate surface area is 139 Å². The molecule has 130 valence electrons. The van der Waals surface area contributed by atoms with Gasteiger partial charge in [-0.1, -0.05) is 12.1 Å². The molecule has 1 aliphatic rings. The molecule has 0 radical (unpaired) electrons. The molecule has 24 heavy (non-hydrogen) atoms. The van der Waals surface area contributed by atoms with Gasteiger partial charge in [-0.05, 0) is 12.1 Å². The normalized spacial score (nSPS) is 16.2. The number of carbonyl (C=O) groups is 3. The fraction of sp³-hybridized carbons (Fsp3) is 0.438. The summed E-state index contributed by atoms with van der Waals surface area (Å²) in [4.78, 5) is 37.2. The summed E-state index contributed by atoms with van der Waals surface area (Å²) in [5.41, 5.74) is 0.529. The first kappa shape index (κ1) is 17.9. The summed E-state index contributed by atoms with van der Waals surface area (Å²) in [6.45, 7) is 2.53. The van der Waals surface area contributed by atoms with Gasteiger partial charge in [0.25, 0.3) is 0 Å². The number of carboxylic acid groups (broad SMARTS) is 1. The lowest BCUT2D eigenvalue weighted by molar-refractivity contribution is -0.145. The number of esters is 1. The molecule has 0 saturated carbocycles. The molecular weight excluding hydrogens is 314 g/mol. The van der Waals surface area contributed by atoms with Gasteiger partial charge in [0.15, 0.2) is 0 Å². The summed E-state index contributed by atoms with van der Waals surface area (Å²) in [6.07, 6.45) is -0.190. The Bertz CT molecular complexity index is 613. The number of para-hydroxylation sites is 1. The lowest BCUT2D eigenvalue weighted by Crippen LogP contribution is -2.52. The van der Waals surface area contributed by atoms with Crippen LogP contribution < -0.4 is 10.6 Å². The van der Waals surface area contributed by atoms with E-state index in [9.17, 15) is 19.5 Å². The van der Waals surface area contributed by atoms with Gasteiger partial charge in [-0.15, -0.1) is 0 Å². The van der Waals surface area contributed by atoms with Crippen LogP contribution in [0.25, 0.3) is 0 Å². The minimum atomic E-state index is -1.03. The first-order chi connectivity index (χ1) is 11.5. The number of carbonyl (C=O) groups excluding carboxylic acids is 2. The monoisotopic (exact) mass is 335 g/mol. The first-order valence-electron chi connectivity index (χ1n) is 7.67. The summed E-state index contributed by atoms with van der Waals surface area (Å²) < 4.78 is 4.67. The second-order valence-corrected chi connectivity index (χ2v) is 5.43. The molecule has 0 aromatic heterocycles. The Morgan fingerprint density at radius 3 is 2.58 bits per heavy atom. The van der Waals surface area contributed by atoms with Gasteiger partial charge in [0.2, 0.25) is 5.91 Å². The number of carboxylic acids is 1. The van der Waals surface area contributed by atoms with Crippen LogP contribution in [0.2, 0.25) is 0 Å². The number of rotatable bonds is 6. The van der Waals surface area contributed by atoms with E-state index in [1.54, 1.807) is 23.1 Å². The van der Waals surface area contributed by atoms with Gasteiger partial charge in [0.1, 0.15) is 6.04 Å². The second-order valence-electron chi connectivity index (χ2n) is 5.43. The number of aliphatic carboxylic acids is 1. The van der Waals surface area contributed by atoms with Crippen LogP contribution in [0, 0.1) is 0 Å². The standard InChI is InChI=1S/C16H21N3O5/c1-24-16(23)11-4-2-3-5-12(11)18-14(20)10-13(15(21)22)19-8-6-17-7-9-19/h2-5,13,17H,6-10H2,1H3,(H,18,20)(H,21,22)/t13-/m1/s1. The molecule has 1 saturated heterocycles. The molecule has 1 amide bonds. The molecule has 0 bridgehead atoms. The van der Waals surface area contributed by atoms with Gasteiger partial charge in [0, 0.05) is 26.2 Å². The fourth-order valence-electron chi connectivity index (χ4n) is 2.62. The molecular formula is C16H21N3O5. The number of piperazine rings is 1.